The molecule has 0 fully saturated rings. The van der Waals surface area contributed by atoms with Crippen LogP contribution in [0.3, 0.4) is 0 Å². The monoisotopic (exact) mass is 364 g/mol. The average molecular weight is 364 g/mol. The first-order chi connectivity index (χ1) is 12.7. The lowest BCUT2D eigenvalue weighted by Gasteiger charge is -2.36. The second kappa shape index (κ2) is 6.92. The van der Waals surface area contributed by atoms with Crippen LogP contribution in [0.15, 0.2) is 65.9 Å². The number of allylic oxidation sites excluding steroid dienone is 1. The maximum atomic E-state index is 13.0. The molecule has 1 aliphatic carbocycles. The summed E-state index contributed by atoms with van der Waals surface area (Å²) in [5, 5.41) is 7.05. The molecule has 5 heteroatoms. The molecule has 0 unspecified atom stereocenters. The number of methoxy groups -OCH3 is 1. The summed E-state index contributed by atoms with van der Waals surface area (Å²) < 4.78 is 5.23. The Morgan fingerprint density at radius 2 is 1.73 bits per heavy atom. The predicted octanol–water partition coefficient (Wildman–Crippen LogP) is 3.61. The lowest BCUT2D eigenvalue weighted by atomic mass is 9.78. The Hall–Kier alpha value is -2.66. The van der Waals surface area contributed by atoms with Crippen LogP contribution >= 0.6 is 12.2 Å². The van der Waals surface area contributed by atoms with Crippen LogP contribution in [0.2, 0.25) is 0 Å². The first kappa shape index (κ1) is 16.8. The number of Topliss-reactive ketones (excluding diaryl/α,β-unsaturated/α-hetero) is 1. The molecular weight excluding hydrogens is 344 g/mol. The molecule has 2 aliphatic rings. The zero-order chi connectivity index (χ0) is 18.1. The summed E-state index contributed by atoms with van der Waals surface area (Å²) >= 11 is 5.39. The highest BCUT2D eigenvalue weighted by Crippen LogP contribution is 2.39. The molecule has 2 N–H and O–H groups in total. The van der Waals surface area contributed by atoms with E-state index in [0.29, 0.717) is 11.5 Å². The van der Waals surface area contributed by atoms with E-state index >= 15 is 0 Å². The molecule has 4 nitrogen and oxygen atoms in total. The number of carbonyl (C=O) groups is 1. The van der Waals surface area contributed by atoms with Crippen molar-refractivity contribution in [3.05, 3.63) is 77.0 Å². The number of thiocarbonyl (C=S) groups is 1. The van der Waals surface area contributed by atoms with Crippen LogP contribution in [0.4, 0.5) is 0 Å². The van der Waals surface area contributed by atoms with Crippen molar-refractivity contribution in [2.24, 2.45) is 0 Å². The molecule has 1 aliphatic heterocycles. The summed E-state index contributed by atoms with van der Waals surface area (Å²) in [7, 11) is 1.65. The fourth-order valence-electron chi connectivity index (χ4n) is 3.77. The Labute approximate surface area is 158 Å². The summed E-state index contributed by atoms with van der Waals surface area (Å²) in [5.41, 5.74) is 3.96. The van der Waals surface area contributed by atoms with Gasteiger partial charge in [-0.3, -0.25) is 4.79 Å². The Morgan fingerprint density at radius 3 is 2.42 bits per heavy atom. The average Bonchev–Trinajstić information content (AvgIpc) is 2.67. The number of ether oxygens (including phenoxy) is 1. The van der Waals surface area contributed by atoms with E-state index in [1.54, 1.807) is 7.11 Å². The lowest BCUT2D eigenvalue weighted by Crippen LogP contribution is -2.47. The second-order valence-electron chi connectivity index (χ2n) is 6.64. The molecule has 2 aromatic rings. The molecule has 0 saturated carbocycles. The summed E-state index contributed by atoms with van der Waals surface area (Å²) in [6.45, 7) is 0. The lowest BCUT2D eigenvalue weighted by molar-refractivity contribution is -0.116. The summed E-state index contributed by atoms with van der Waals surface area (Å²) in [4.78, 5) is 13.0. The van der Waals surface area contributed by atoms with E-state index in [1.807, 2.05) is 54.6 Å². The van der Waals surface area contributed by atoms with Gasteiger partial charge in [-0.05, 0) is 47.8 Å². The van der Waals surface area contributed by atoms with Crippen LogP contribution in [0.25, 0.3) is 0 Å². The first-order valence-corrected chi connectivity index (χ1v) is 9.09. The number of rotatable bonds is 3. The molecule has 2 aromatic carbocycles. The maximum Gasteiger partial charge on any atom is 0.171 e. The largest absolute Gasteiger partial charge is 0.497 e. The van der Waals surface area contributed by atoms with Gasteiger partial charge < -0.3 is 15.4 Å². The molecule has 0 bridgehead atoms. The van der Waals surface area contributed by atoms with E-state index in [0.717, 1.165) is 34.6 Å². The maximum absolute atomic E-state index is 13.0. The highest BCUT2D eigenvalue weighted by Gasteiger charge is 2.36. The van der Waals surface area contributed by atoms with Crippen molar-refractivity contribution in [3.8, 4) is 5.75 Å². The van der Waals surface area contributed by atoms with Crippen LogP contribution in [0.5, 0.6) is 5.75 Å². The molecule has 0 aromatic heterocycles. The Morgan fingerprint density at radius 1 is 1.00 bits per heavy atom. The van der Waals surface area contributed by atoms with Gasteiger partial charge in [0.1, 0.15) is 5.75 Å². The van der Waals surface area contributed by atoms with Crippen molar-refractivity contribution in [1.82, 2.24) is 10.6 Å². The van der Waals surface area contributed by atoms with Gasteiger partial charge >= 0.3 is 0 Å². The van der Waals surface area contributed by atoms with E-state index in [4.69, 9.17) is 17.0 Å². The van der Waals surface area contributed by atoms with Crippen molar-refractivity contribution >= 4 is 23.1 Å². The van der Waals surface area contributed by atoms with Crippen molar-refractivity contribution in [3.63, 3.8) is 0 Å². The second-order valence-corrected chi connectivity index (χ2v) is 7.04. The smallest absolute Gasteiger partial charge is 0.171 e. The SMILES string of the molecule is COc1ccc([C@@H]2CC(=O)C3=C(C2)NC(=S)N[C@@H]3c2ccccc2)cc1. The normalized spacial score (nSPS) is 22.3. The van der Waals surface area contributed by atoms with Crippen LogP contribution in [0.1, 0.15) is 35.9 Å². The Kier molecular flexibility index (Phi) is 4.47. The standard InChI is InChI=1S/C21H20N2O2S/c1-25-16-9-7-13(8-10-16)15-11-17-19(18(24)12-15)20(23-21(26)22-17)14-5-3-2-4-6-14/h2-10,15,20H,11-12H2,1H3,(H2,22,23,26)/t15-,20+/m0/s1. The van der Waals surface area contributed by atoms with Crippen LogP contribution in [-0.4, -0.2) is 18.0 Å². The fourth-order valence-corrected chi connectivity index (χ4v) is 4.01. The van der Waals surface area contributed by atoms with E-state index in [-0.39, 0.29) is 17.7 Å². The van der Waals surface area contributed by atoms with Gasteiger partial charge in [-0.25, -0.2) is 0 Å². The number of ketones is 1. The van der Waals surface area contributed by atoms with Gasteiger partial charge in [-0.15, -0.1) is 0 Å². The minimum Gasteiger partial charge on any atom is -0.497 e. The van der Waals surface area contributed by atoms with Crippen LogP contribution in [-0.2, 0) is 4.79 Å². The molecule has 132 valence electrons. The van der Waals surface area contributed by atoms with Crippen molar-refractivity contribution in [2.45, 2.75) is 24.8 Å². The summed E-state index contributed by atoms with van der Waals surface area (Å²) in [6.07, 6.45) is 1.28. The minimum atomic E-state index is -0.177. The molecule has 0 amide bonds. The number of benzene rings is 2. The van der Waals surface area contributed by atoms with Gasteiger partial charge in [0.25, 0.3) is 0 Å². The molecule has 2 atom stereocenters. The molecule has 0 saturated heterocycles. The number of hydrogen-bond acceptors (Lipinski definition) is 3. The zero-order valence-corrected chi connectivity index (χ0v) is 15.3. The van der Waals surface area contributed by atoms with Gasteiger partial charge in [0.05, 0.1) is 13.2 Å². The van der Waals surface area contributed by atoms with Crippen molar-refractivity contribution in [2.75, 3.05) is 7.11 Å². The van der Waals surface area contributed by atoms with Gasteiger partial charge in [-0.2, -0.15) is 0 Å². The third kappa shape index (κ3) is 3.10. The highest BCUT2D eigenvalue weighted by atomic mass is 32.1. The fraction of sp³-hybridized carbons (Fsp3) is 0.238. The van der Waals surface area contributed by atoms with Crippen molar-refractivity contribution < 1.29 is 9.53 Å². The van der Waals surface area contributed by atoms with Crippen LogP contribution < -0.4 is 15.4 Å². The first-order valence-electron chi connectivity index (χ1n) is 8.68. The Balaban J connectivity index is 1.67. The minimum absolute atomic E-state index is 0.150. The van der Waals surface area contributed by atoms with Gasteiger partial charge in [0, 0.05) is 17.7 Å². The summed E-state index contributed by atoms with van der Waals surface area (Å²) in [5.74, 6) is 1.14. The molecule has 1 heterocycles. The zero-order valence-electron chi connectivity index (χ0n) is 14.5. The molecular formula is C21H20N2O2S. The van der Waals surface area contributed by atoms with Crippen LogP contribution in [0, 0.1) is 0 Å². The predicted molar refractivity (Wildman–Crippen MR) is 105 cm³/mol. The summed E-state index contributed by atoms with van der Waals surface area (Å²) in [6, 6.07) is 17.8. The number of carbonyl (C=O) groups excluding carboxylic acids is 1. The van der Waals surface area contributed by atoms with Gasteiger partial charge in [0.2, 0.25) is 0 Å². The third-order valence-electron chi connectivity index (χ3n) is 5.06. The topological polar surface area (TPSA) is 50.4 Å². The quantitative estimate of drug-likeness (QED) is 0.815. The number of hydrogen-bond donors (Lipinski definition) is 2. The Bertz CT molecular complexity index is 875. The molecule has 26 heavy (non-hydrogen) atoms. The highest BCUT2D eigenvalue weighted by molar-refractivity contribution is 7.80. The molecule has 0 spiro atoms. The van der Waals surface area contributed by atoms with Gasteiger partial charge in [-0.1, -0.05) is 42.5 Å². The molecule has 0 radical (unpaired) electrons. The van der Waals surface area contributed by atoms with E-state index < -0.39 is 0 Å². The molecule has 4 rings (SSSR count). The van der Waals surface area contributed by atoms with Gasteiger partial charge in [0.15, 0.2) is 10.9 Å². The third-order valence-corrected chi connectivity index (χ3v) is 5.28. The van der Waals surface area contributed by atoms with E-state index in [1.165, 1.54) is 0 Å². The number of nitrogens with one attached hydrogen (secondary N) is 2. The van der Waals surface area contributed by atoms with E-state index in [2.05, 4.69) is 10.6 Å². The van der Waals surface area contributed by atoms with Crippen molar-refractivity contribution in [1.29, 1.82) is 0 Å². The van der Waals surface area contributed by atoms with E-state index in [9.17, 15) is 4.79 Å².